The van der Waals surface area contributed by atoms with E-state index in [0.717, 1.165) is 24.9 Å². The molecule has 1 saturated carbocycles. The molecule has 0 unspecified atom stereocenters. The molecule has 0 saturated heterocycles. The van der Waals surface area contributed by atoms with E-state index in [1.165, 1.54) is 0 Å². The van der Waals surface area contributed by atoms with Crippen molar-refractivity contribution in [1.29, 1.82) is 0 Å². The summed E-state index contributed by atoms with van der Waals surface area (Å²) in [4.78, 5) is 11.3. The Morgan fingerprint density at radius 3 is 2.53 bits per heavy atom. The van der Waals surface area contributed by atoms with Crippen molar-refractivity contribution in [3.8, 4) is 0 Å². The molecule has 0 spiro atoms. The van der Waals surface area contributed by atoms with Crippen molar-refractivity contribution in [3.05, 3.63) is 35.4 Å². The van der Waals surface area contributed by atoms with E-state index in [4.69, 9.17) is 5.11 Å². The van der Waals surface area contributed by atoms with Crippen LogP contribution in [0.1, 0.15) is 28.8 Å². The van der Waals surface area contributed by atoms with Gasteiger partial charge in [-0.2, -0.15) is 0 Å². The number of hydrogen-bond donors (Lipinski definition) is 3. The quantitative estimate of drug-likeness (QED) is 0.717. The van der Waals surface area contributed by atoms with E-state index >= 15 is 0 Å². The molecule has 2 rings (SSSR count). The van der Waals surface area contributed by atoms with Gasteiger partial charge in [0.2, 0.25) is 0 Å². The third-order valence-corrected chi connectivity index (χ3v) is 3.15. The number of aliphatic hydroxyl groups excluding tert-OH is 1. The molecule has 4 nitrogen and oxygen atoms in total. The highest BCUT2D eigenvalue weighted by molar-refractivity contribution is 5.93. The first kappa shape index (κ1) is 12.1. The van der Waals surface area contributed by atoms with Gasteiger partial charge in [0.1, 0.15) is 0 Å². The molecule has 3 N–H and O–H groups in total. The second-order valence-corrected chi connectivity index (χ2v) is 4.48. The Bertz CT molecular complexity index is 383. The molecule has 0 radical (unpaired) electrons. The topological polar surface area (TPSA) is 61.4 Å². The monoisotopic (exact) mass is 234 g/mol. The van der Waals surface area contributed by atoms with Gasteiger partial charge in [0, 0.05) is 25.2 Å². The van der Waals surface area contributed by atoms with Crippen molar-refractivity contribution in [2.24, 2.45) is 0 Å². The first-order valence-corrected chi connectivity index (χ1v) is 5.91. The van der Waals surface area contributed by atoms with Crippen LogP contribution in [-0.4, -0.2) is 30.2 Å². The van der Waals surface area contributed by atoms with Crippen molar-refractivity contribution in [1.82, 2.24) is 10.6 Å². The molecular formula is C13H18N2O2. The van der Waals surface area contributed by atoms with Crippen LogP contribution in [0.3, 0.4) is 0 Å². The van der Waals surface area contributed by atoms with E-state index < -0.39 is 0 Å². The zero-order chi connectivity index (χ0) is 12.3. The third-order valence-electron chi connectivity index (χ3n) is 3.15. The van der Waals surface area contributed by atoms with Crippen LogP contribution in [0.15, 0.2) is 24.3 Å². The molecule has 1 aromatic rings. The minimum absolute atomic E-state index is 0.0633. The van der Waals surface area contributed by atoms with Crippen LogP contribution in [0, 0.1) is 0 Å². The van der Waals surface area contributed by atoms with Gasteiger partial charge in [-0.3, -0.25) is 4.79 Å². The minimum Gasteiger partial charge on any atom is -0.393 e. The smallest absolute Gasteiger partial charge is 0.251 e. The SMILES string of the molecule is CNC(=O)c1ccc(CNC2CC(O)C2)cc1. The zero-order valence-corrected chi connectivity index (χ0v) is 9.94. The molecule has 17 heavy (non-hydrogen) atoms. The predicted octanol–water partition coefficient (Wildman–Crippen LogP) is 0.659. The number of nitrogens with one attached hydrogen (secondary N) is 2. The zero-order valence-electron chi connectivity index (χ0n) is 9.94. The Balaban J connectivity index is 1.83. The van der Waals surface area contributed by atoms with Crippen LogP contribution in [0.5, 0.6) is 0 Å². The standard InChI is InChI=1S/C13H18N2O2/c1-14-13(17)10-4-2-9(3-5-10)8-15-11-6-12(16)7-11/h2-5,11-12,15-16H,6-8H2,1H3,(H,14,17). The summed E-state index contributed by atoms with van der Waals surface area (Å²) in [5, 5.41) is 15.1. The van der Waals surface area contributed by atoms with Crippen molar-refractivity contribution >= 4 is 5.91 Å². The van der Waals surface area contributed by atoms with Gasteiger partial charge in [-0.25, -0.2) is 0 Å². The van der Waals surface area contributed by atoms with E-state index in [1.807, 2.05) is 24.3 Å². The lowest BCUT2D eigenvalue weighted by atomic mass is 9.89. The maximum absolute atomic E-state index is 11.3. The number of rotatable bonds is 4. The fourth-order valence-electron chi connectivity index (χ4n) is 1.93. The summed E-state index contributed by atoms with van der Waals surface area (Å²) in [6.07, 6.45) is 1.57. The van der Waals surface area contributed by atoms with Crippen LogP contribution in [-0.2, 0) is 6.54 Å². The molecule has 1 fully saturated rings. The molecule has 0 heterocycles. The van der Waals surface area contributed by atoms with Crippen LogP contribution < -0.4 is 10.6 Å². The number of carbonyl (C=O) groups excluding carboxylic acids is 1. The normalized spacial score (nSPS) is 22.9. The lowest BCUT2D eigenvalue weighted by Crippen LogP contribution is -2.43. The van der Waals surface area contributed by atoms with Gasteiger partial charge in [-0.1, -0.05) is 12.1 Å². The predicted molar refractivity (Wildman–Crippen MR) is 65.7 cm³/mol. The second-order valence-electron chi connectivity index (χ2n) is 4.48. The van der Waals surface area contributed by atoms with Crippen molar-refractivity contribution < 1.29 is 9.90 Å². The summed E-state index contributed by atoms with van der Waals surface area (Å²) < 4.78 is 0. The Morgan fingerprint density at radius 1 is 1.35 bits per heavy atom. The lowest BCUT2D eigenvalue weighted by Gasteiger charge is -2.32. The molecule has 1 aliphatic carbocycles. The average molecular weight is 234 g/mol. The van der Waals surface area contributed by atoms with E-state index in [1.54, 1.807) is 7.05 Å². The molecular weight excluding hydrogens is 216 g/mol. The fraction of sp³-hybridized carbons (Fsp3) is 0.462. The first-order chi connectivity index (χ1) is 8.19. The lowest BCUT2D eigenvalue weighted by molar-refractivity contribution is 0.0619. The van der Waals surface area contributed by atoms with Crippen molar-refractivity contribution in [2.45, 2.75) is 31.5 Å². The molecule has 0 bridgehead atoms. The largest absolute Gasteiger partial charge is 0.393 e. The number of aliphatic hydroxyl groups is 1. The van der Waals surface area contributed by atoms with E-state index in [0.29, 0.717) is 11.6 Å². The number of benzene rings is 1. The Hall–Kier alpha value is -1.39. The van der Waals surface area contributed by atoms with Gasteiger partial charge in [0.15, 0.2) is 0 Å². The molecule has 0 aromatic heterocycles. The summed E-state index contributed by atoms with van der Waals surface area (Å²) in [7, 11) is 1.62. The number of carbonyl (C=O) groups is 1. The van der Waals surface area contributed by atoms with E-state index in [2.05, 4.69) is 10.6 Å². The van der Waals surface area contributed by atoms with E-state index in [-0.39, 0.29) is 12.0 Å². The van der Waals surface area contributed by atoms with Gasteiger partial charge < -0.3 is 15.7 Å². The summed E-state index contributed by atoms with van der Waals surface area (Å²) in [5.41, 5.74) is 1.83. The maximum atomic E-state index is 11.3. The van der Waals surface area contributed by atoms with Gasteiger partial charge in [0.05, 0.1) is 6.10 Å². The van der Waals surface area contributed by atoms with Gasteiger partial charge in [0.25, 0.3) is 5.91 Å². The highest BCUT2D eigenvalue weighted by atomic mass is 16.3. The van der Waals surface area contributed by atoms with Crippen LogP contribution in [0.2, 0.25) is 0 Å². The van der Waals surface area contributed by atoms with Gasteiger partial charge in [-0.15, -0.1) is 0 Å². The van der Waals surface area contributed by atoms with E-state index in [9.17, 15) is 4.79 Å². The highest BCUT2D eigenvalue weighted by Gasteiger charge is 2.26. The Labute approximate surface area is 101 Å². The van der Waals surface area contributed by atoms with Gasteiger partial charge >= 0.3 is 0 Å². The average Bonchev–Trinajstić information content (AvgIpc) is 2.33. The summed E-state index contributed by atoms with van der Waals surface area (Å²) in [5.74, 6) is -0.0633. The van der Waals surface area contributed by atoms with Crippen molar-refractivity contribution in [3.63, 3.8) is 0 Å². The van der Waals surface area contributed by atoms with Gasteiger partial charge in [-0.05, 0) is 30.5 Å². The minimum atomic E-state index is -0.122. The number of amides is 1. The summed E-state index contributed by atoms with van der Waals surface area (Å²) in [6.45, 7) is 0.783. The fourth-order valence-corrected chi connectivity index (χ4v) is 1.93. The first-order valence-electron chi connectivity index (χ1n) is 5.91. The Kier molecular flexibility index (Phi) is 3.76. The molecule has 0 aliphatic heterocycles. The van der Waals surface area contributed by atoms with Crippen LogP contribution in [0.4, 0.5) is 0 Å². The summed E-state index contributed by atoms with van der Waals surface area (Å²) >= 11 is 0. The third kappa shape index (κ3) is 3.05. The molecule has 1 amide bonds. The second kappa shape index (κ2) is 5.29. The maximum Gasteiger partial charge on any atom is 0.251 e. The molecule has 92 valence electrons. The molecule has 1 aromatic carbocycles. The summed E-state index contributed by atoms with van der Waals surface area (Å²) in [6, 6.07) is 7.99. The molecule has 4 heteroatoms. The Morgan fingerprint density at radius 2 is 2.00 bits per heavy atom. The molecule has 0 atom stereocenters. The van der Waals surface area contributed by atoms with Crippen LogP contribution >= 0.6 is 0 Å². The molecule has 1 aliphatic rings. The van der Waals surface area contributed by atoms with Crippen LogP contribution in [0.25, 0.3) is 0 Å². The highest BCUT2D eigenvalue weighted by Crippen LogP contribution is 2.19. The van der Waals surface area contributed by atoms with Crippen molar-refractivity contribution in [2.75, 3.05) is 7.05 Å². The number of hydrogen-bond acceptors (Lipinski definition) is 3.